The van der Waals surface area contributed by atoms with E-state index in [1.807, 2.05) is 4.40 Å². The van der Waals surface area contributed by atoms with Gasteiger partial charge in [-0.2, -0.15) is 13.2 Å². The zero-order chi connectivity index (χ0) is 30.0. The summed E-state index contributed by atoms with van der Waals surface area (Å²) in [6, 6.07) is 7.72. The van der Waals surface area contributed by atoms with Crippen LogP contribution in [0.5, 0.6) is 0 Å². The van der Waals surface area contributed by atoms with E-state index in [0.717, 1.165) is 18.3 Å². The second-order valence-electron chi connectivity index (χ2n) is 11.0. The number of piperidine rings is 1. The van der Waals surface area contributed by atoms with Crippen molar-refractivity contribution < 1.29 is 22.8 Å². The highest BCUT2D eigenvalue weighted by Crippen LogP contribution is 2.69. The van der Waals surface area contributed by atoms with Gasteiger partial charge in [0.05, 0.1) is 11.6 Å². The molecule has 0 bridgehead atoms. The molecule has 214 valence electrons. The molecule has 0 radical (unpaired) electrons. The summed E-state index contributed by atoms with van der Waals surface area (Å²) in [5.41, 5.74) is 7.39. The third-order valence-electron chi connectivity index (χ3n) is 8.33. The minimum absolute atomic E-state index is 0.0369. The molecule has 0 spiro atoms. The van der Waals surface area contributed by atoms with Crippen molar-refractivity contribution >= 4 is 29.0 Å². The minimum Gasteiger partial charge on any atom is -0.382 e. The van der Waals surface area contributed by atoms with Crippen molar-refractivity contribution in [1.29, 1.82) is 0 Å². The molecular weight excluding hydrogens is 547 g/mol. The maximum absolute atomic E-state index is 13.0. The fourth-order valence-electron chi connectivity index (χ4n) is 6.11. The summed E-state index contributed by atoms with van der Waals surface area (Å²) >= 11 is 0. The van der Waals surface area contributed by atoms with E-state index in [2.05, 4.69) is 41.0 Å². The summed E-state index contributed by atoms with van der Waals surface area (Å²) in [6.45, 7) is 6.59. The van der Waals surface area contributed by atoms with Crippen LogP contribution in [-0.2, 0) is 11.0 Å². The summed E-state index contributed by atoms with van der Waals surface area (Å²) in [5.74, 6) is 5.69. The lowest BCUT2D eigenvalue weighted by Gasteiger charge is -2.28. The van der Waals surface area contributed by atoms with Crippen LogP contribution in [-0.4, -0.2) is 42.6 Å². The number of nitrogen functional groups attached to an aromatic ring is 1. The van der Waals surface area contributed by atoms with Crippen molar-refractivity contribution in [3.8, 4) is 23.1 Å². The first-order valence-electron chi connectivity index (χ1n) is 13.2. The van der Waals surface area contributed by atoms with Gasteiger partial charge in [0.25, 0.3) is 11.8 Å². The number of alkyl halides is 3. The molecule has 3 N–H and O–H groups in total. The third kappa shape index (κ3) is 4.41. The van der Waals surface area contributed by atoms with Crippen LogP contribution in [0.1, 0.15) is 48.6 Å². The Labute approximate surface area is 239 Å². The topological polar surface area (TPSA) is 119 Å². The fraction of sp³-hybridized carbons (Fsp3) is 0.300. The summed E-state index contributed by atoms with van der Waals surface area (Å²) in [6.07, 6.45) is -0.233. The van der Waals surface area contributed by atoms with Gasteiger partial charge in [0.1, 0.15) is 28.7 Å². The van der Waals surface area contributed by atoms with Crippen molar-refractivity contribution in [2.75, 3.05) is 17.6 Å². The van der Waals surface area contributed by atoms with Crippen LogP contribution in [0.2, 0.25) is 0 Å². The number of likely N-dealkylation sites (tertiary alicyclic amines) is 1. The molecule has 2 aliphatic rings. The Bertz CT molecular complexity index is 1800. The summed E-state index contributed by atoms with van der Waals surface area (Å²) in [7, 11) is 0. The minimum atomic E-state index is -4.56. The molecule has 4 heterocycles. The lowest BCUT2D eigenvalue weighted by Crippen LogP contribution is -2.35. The number of imidazole rings is 1. The van der Waals surface area contributed by atoms with E-state index < -0.39 is 17.6 Å². The number of fused-ring (bicyclic) bond motifs is 2. The molecule has 3 atom stereocenters. The van der Waals surface area contributed by atoms with E-state index in [9.17, 15) is 22.8 Å². The predicted octanol–water partition coefficient (Wildman–Crippen LogP) is 4.82. The molecule has 1 saturated carbocycles. The molecule has 1 saturated heterocycles. The number of rotatable bonds is 4. The van der Waals surface area contributed by atoms with Gasteiger partial charge in [-0.1, -0.05) is 31.9 Å². The third-order valence-corrected chi connectivity index (χ3v) is 8.33. The van der Waals surface area contributed by atoms with E-state index in [1.165, 1.54) is 12.1 Å². The normalized spacial score (nSPS) is 20.5. The lowest BCUT2D eigenvalue weighted by atomic mass is 10.0. The standard InChI is InChI=1S/C30H26F3N7O2/c1-4-5-21(41)40-15-19-22(29(19,2)3)24(40)27-38-23(25-26(34)36-12-13-39(25)27)16-6-8-17(9-7-16)28(42)37-20-14-18(10-11-35-20)30(31,32)33/h6-14,19,22,24H,15H2,1-3H3,(H2,34,36)(H,35,37,42)/t19?,22?,24-/m0/s1. The number of hydrogen-bond donors (Lipinski definition) is 2. The number of hydrogen-bond acceptors (Lipinski definition) is 6. The van der Waals surface area contributed by atoms with E-state index in [0.29, 0.717) is 35.1 Å². The van der Waals surface area contributed by atoms with Crippen LogP contribution in [0.25, 0.3) is 16.8 Å². The molecule has 4 aromatic rings. The molecule has 1 aromatic carbocycles. The molecule has 9 nitrogen and oxygen atoms in total. The Morgan fingerprint density at radius 2 is 1.86 bits per heavy atom. The van der Waals surface area contributed by atoms with E-state index in [1.54, 1.807) is 36.4 Å². The monoisotopic (exact) mass is 573 g/mol. The molecule has 2 fully saturated rings. The number of carbonyl (C=O) groups is 2. The number of pyridine rings is 1. The van der Waals surface area contributed by atoms with Gasteiger partial charge >= 0.3 is 6.18 Å². The van der Waals surface area contributed by atoms with Crippen LogP contribution < -0.4 is 11.1 Å². The zero-order valence-corrected chi connectivity index (χ0v) is 22.9. The molecule has 6 rings (SSSR count). The maximum Gasteiger partial charge on any atom is 0.416 e. The predicted molar refractivity (Wildman–Crippen MR) is 149 cm³/mol. The van der Waals surface area contributed by atoms with E-state index in [-0.39, 0.29) is 40.5 Å². The Morgan fingerprint density at radius 3 is 2.55 bits per heavy atom. The van der Waals surface area contributed by atoms with Crippen molar-refractivity contribution in [3.63, 3.8) is 0 Å². The number of aromatic nitrogens is 4. The smallest absolute Gasteiger partial charge is 0.382 e. The molecule has 1 aliphatic carbocycles. The fourth-order valence-corrected chi connectivity index (χ4v) is 6.11. The SMILES string of the molecule is CC#CC(=O)N1CC2C([C@H]1c1nc(-c3ccc(C(=O)Nc4cc(C(F)(F)F)ccn4)cc3)c3c(N)nccn13)C2(C)C. The number of halogens is 3. The molecule has 2 amide bonds. The van der Waals surface area contributed by atoms with Gasteiger partial charge in [-0.15, -0.1) is 0 Å². The number of carbonyl (C=O) groups excluding carboxylic acids is 2. The van der Waals surface area contributed by atoms with Crippen LogP contribution in [0, 0.1) is 29.1 Å². The second kappa shape index (κ2) is 9.58. The summed E-state index contributed by atoms with van der Waals surface area (Å²) in [5, 5.41) is 2.40. The molecular formula is C30H26F3N7O2. The van der Waals surface area contributed by atoms with Crippen molar-refractivity contribution in [3.05, 3.63) is 71.9 Å². The highest BCUT2D eigenvalue weighted by Gasteiger charge is 2.68. The van der Waals surface area contributed by atoms with Gasteiger partial charge in [0.2, 0.25) is 0 Å². The van der Waals surface area contributed by atoms with Gasteiger partial charge in [-0.3, -0.25) is 14.0 Å². The molecule has 42 heavy (non-hydrogen) atoms. The summed E-state index contributed by atoms with van der Waals surface area (Å²) in [4.78, 5) is 40.6. The number of nitrogens with two attached hydrogens (primary N) is 1. The molecule has 3 aromatic heterocycles. The van der Waals surface area contributed by atoms with Gasteiger partial charge in [0.15, 0.2) is 0 Å². The second-order valence-corrected chi connectivity index (χ2v) is 11.0. The average molecular weight is 574 g/mol. The van der Waals surface area contributed by atoms with Gasteiger partial charge in [-0.25, -0.2) is 15.0 Å². The van der Waals surface area contributed by atoms with Gasteiger partial charge in [0, 0.05) is 36.3 Å². The van der Waals surface area contributed by atoms with Crippen molar-refractivity contribution in [2.45, 2.75) is 33.0 Å². The Morgan fingerprint density at radius 1 is 1.12 bits per heavy atom. The van der Waals surface area contributed by atoms with Crippen LogP contribution in [0.4, 0.5) is 24.8 Å². The first-order chi connectivity index (χ1) is 19.9. The highest BCUT2D eigenvalue weighted by atomic mass is 19.4. The molecule has 1 aliphatic heterocycles. The number of benzene rings is 1. The Balaban J connectivity index is 1.34. The zero-order valence-electron chi connectivity index (χ0n) is 22.9. The lowest BCUT2D eigenvalue weighted by molar-refractivity contribution is -0.137. The maximum atomic E-state index is 13.0. The largest absolute Gasteiger partial charge is 0.416 e. The number of nitrogens with zero attached hydrogens (tertiary/aromatic N) is 5. The summed E-state index contributed by atoms with van der Waals surface area (Å²) < 4.78 is 41.0. The number of amides is 2. The first-order valence-corrected chi connectivity index (χ1v) is 13.2. The van der Waals surface area contributed by atoms with Crippen molar-refractivity contribution in [1.82, 2.24) is 24.3 Å². The molecule has 12 heteroatoms. The van der Waals surface area contributed by atoms with E-state index in [4.69, 9.17) is 10.7 Å². The van der Waals surface area contributed by atoms with Gasteiger partial charge in [-0.05, 0) is 54.4 Å². The van der Waals surface area contributed by atoms with Crippen molar-refractivity contribution in [2.24, 2.45) is 17.3 Å². The highest BCUT2D eigenvalue weighted by molar-refractivity contribution is 6.04. The average Bonchev–Trinajstić information content (AvgIpc) is 3.28. The van der Waals surface area contributed by atoms with Gasteiger partial charge < -0.3 is 16.0 Å². The Kier molecular flexibility index (Phi) is 6.22. The number of nitrogens with one attached hydrogen (secondary N) is 1. The first kappa shape index (κ1) is 27.3. The van der Waals surface area contributed by atoms with E-state index >= 15 is 0 Å². The van der Waals surface area contributed by atoms with Crippen LogP contribution >= 0.6 is 0 Å². The number of anilines is 2. The quantitative estimate of drug-likeness (QED) is 0.338. The Hall–Kier alpha value is -4.92. The van der Waals surface area contributed by atoms with Crippen LogP contribution in [0.15, 0.2) is 55.0 Å². The molecule has 2 unspecified atom stereocenters. The van der Waals surface area contributed by atoms with Crippen LogP contribution in [0.3, 0.4) is 0 Å².